The molecule has 1 atom stereocenters. The van der Waals surface area contributed by atoms with Gasteiger partial charge in [0.05, 0.1) is 5.60 Å². The van der Waals surface area contributed by atoms with Crippen molar-refractivity contribution in [2.75, 3.05) is 11.5 Å². The Hall–Kier alpha value is 0.310. The van der Waals surface area contributed by atoms with Crippen LogP contribution in [-0.4, -0.2) is 22.2 Å². The highest BCUT2D eigenvalue weighted by molar-refractivity contribution is 7.99. The van der Waals surface area contributed by atoms with Crippen molar-refractivity contribution in [1.82, 2.24) is 0 Å². The van der Waals surface area contributed by atoms with Gasteiger partial charge in [-0.25, -0.2) is 0 Å². The lowest BCUT2D eigenvalue weighted by Crippen LogP contribution is -2.31. The molecule has 1 nitrogen and oxygen atoms in total. The van der Waals surface area contributed by atoms with Crippen molar-refractivity contribution in [3.8, 4) is 0 Å². The van der Waals surface area contributed by atoms with E-state index in [1.807, 2.05) is 0 Å². The van der Waals surface area contributed by atoms with E-state index in [0.717, 1.165) is 25.2 Å². The highest BCUT2D eigenvalue weighted by atomic mass is 32.2. The van der Waals surface area contributed by atoms with E-state index in [0.29, 0.717) is 0 Å². The Balaban J connectivity index is 1.72. The van der Waals surface area contributed by atoms with Gasteiger partial charge in [0.15, 0.2) is 0 Å². The van der Waals surface area contributed by atoms with Gasteiger partial charge in [0.1, 0.15) is 0 Å². The van der Waals surface area contributed by atoms with E-state index in [1.165, 1.54) is 43.6 Å². The second-order valence-corrected chi connectivity index (χ2v) is 6.20. The number of hydrogen-bond acceptors (Lipinski definition) is 2. The Kier molecular flexibility index (Phi) is 3.78. The van der Waals surface area contributed by atoms with Gasteiger partial charge in [-0.2, -0.15) is 11.8 Å². The second kappa shape index (κ2) is 4.89. The molecule has 2 heteroatoms. The molecular weight excluding hydrogens is 192 g/mol. The topological polar surface area (TPSA) is 20.2 Å². The maximum atomic E-state index is 10.3. The van der Waals surface area contributed by atoms with Crippen LogP contribution in [0.3, 0.4) is 0 Å². The molecule has 0 aromatic heterocycles. The minimum Gasteiger partial charge on any atom is -0.390 e. The molecule has 14 heavy (non-hydrogen) atoms. The third-order valence-corrected chi connectivity index (χ3v) is 5.06. The summed E-state index contributed by atoms with van der Waals surface area (Å²) in [6.07, 6.45) is 9.68. The first-order valence-corrected chi connectivity index (χ1v) is 7.24. The molecule has 1 N–H and O–H groups in total. The van der Waals surface area contributed by atoms with Gasteiger partial charge in [-0.05, 0) is 49.5 Å². The summed E-state index contributed by atoms with van der Waals surface area (Å²) in [4.78, 5) is 0. The largest absolute Gasteiger partial charge is 0.390 e. The van der Waals surface area contributed by atoms with Crippen molar-refractivity contribution in [3.05, 3.63) is 0 Å². The molecule has 0 spiro atoms. The Morgan fingerprint density at radius 3 is 2.64 bits per heavy atom. The van der Waals surface area contributed by atoms with Gasteiger partial charge < -0.3 is 5.11 Å². The van der Waals surface area contributed by atoms with Gasteiger partial charge in [-0.3, -0.25) is 0 Å². The van der Waals surface area contributed by atoms with Gasteiger partial charge in [-0.1, -0.05) is 19.3 Å². The molecule has 1 aliphatic carbocycles. The molecule has 1 heterocycles. The molecule has 1 aliphatic heterocycles. The predicted molar refractivity (Wildman–Crippen MR) is 62.7 cm³/mol. The van der Waals surface area contributed by atoms with E-state index in [9.17, 15) is 5.11 Å². The van der Waals surface area contributed by atoms with Crippen LogP contribution in [0.25, 0.3) is 0 Å². The first kappa shape index (κ1) is 10.8. The number of hydrogen-bond donors (Lipinski definition) is 1. The Morgan fingerprint density at radius 1 is 1.21 bits per heavy atom. The van der Waals surface area contributed by atoms with Crippen LogP contribution >= 0.6 is 11.8 Å². The van der Waals surface area contributed by atoms with Crippen LogP contribution in [0.5, 0.6) is 0 Å². The molecule has 2 aliphatic rings. The molecule has 0 amide bonds. The van der Waals surface area contributed by atoms with Gasteiger partial charge in [0, 0.05) is 0 Å². The maximum Gasteiger partial charge on any atom is 0.0648 e. The zero-order valence-electron chi connectivity index (χ0n) is 9.00. The van der Waals surface area contributed by atoms with Gasteiger partial charge >= 0.3 is 0 Å². The van der Waals surface area contributed by atoms with E-state index in [4.69, 9.17) is 0 Å². The Bertz CT molecular complexity index is 169. The summed E-state index contributed by atoms with van der Waals surface area (Å²) < 4.78 is 0. The van der Waals surface area contributed by atoms with Crippen molar-refractivity contribution in [1.29, 1.82) is 0 Å². The van der Waals surface area contributed by atoms with Crippen molar-refractivity contribution < 1.29 is 5.11 Å². The van der Waals surface area contributed by atoms with Crippen LogP contribution < -0.4 is 0 Å². The minimum atomic E-state index is -0.272. The maximum absolute atomic E-state index is 10.3. The quantitative estimate of drug-likeness (QED) is 0.778. The summed E-state index contributed by atoms with van der Waals surface area (Å²) in [5.41, 5.74) is -0.272. The third-order valence-electron chi connectivity index (χ3n) is 3.83. The van der Waals surface area contributed by atoms with Crippen molar-refractivity contribution >= 4 is 11.8 Å². The fourth-order valence-electron chi connectivity index (χ4n) is 2.74. The highest BCUT2D eigenvalue weighted by Gasteiger charge is 2.30. The average Bonchev–Trinajstić information content (AvgIpc) is 2.69. The van der Waals surface area contributed by atoms with Crippen LogP contribution in [0.4, 0.5) is 0 Å². The molecule has 82 valence electrons. The Morgan fingerprint density at radius 2 is 2.00 bits per heavy atom. The zero-order valence-corrected chi connectivity index (χ0v) is 9.82. The van der Waals surface area contributed by atoms with Gasteiger partial charge in [0.25, 0.3) is 0 Å². The van der Waals surface area contributed by atoms with Crippen molar-refractivity contribution in [2.24, 2.45) is 5.92 Å². The van der Waals surface area contributed by atoms with E-state index in [1.54, 1.807) is 0 Å². The molecule has 0 aromatic carbocycles. The van der Waals surface area contributed by atoms with E-state index in [2.05, 4.69) is 11.8 Å². The standard InChI is InChI=1S/C12H22OS/c13-12(6-2-1-3-7-12)8-4-11-5-9-14-10-11/h11,13H,1-10H2. The highest BCUT2D eigenvalue weighted by Crippen LogP contribution is 2.35. The van der Waals surface area contributed by atoms with Crippen LogP contribution in [0.2, 0.25) is 0 Å². The number of aliphatic hydroxyl groups is 1. The summed E-state index contributed by atoms with van der Waals surface area (Å²) in [7, 11) is 0. The van der Waals surface area contributed by atoms with E-state index >= 15 is 0 Å². The summed E-state index contributed by atoms with van der Waals surface area (Å²) in [6, 6.07) is 0. The van der Waals surface area contributed by atoms with E-state index < -0.39 is 0 Å². The predicted octanol–water partition coefficient (Wildman–Crippen LogP) is 3.21. The van der Waals surface area contributed by atoms with Crippen molar-refractivity contribution in [2.45, 2.75) is 57.0 Å². The van der Waals surface area contributed by atoms with Crippen molar-refractivity contribution in [3.63, 3.8) is 0 Å². The number of thioether (sulfide) groups is 1. The monoisotopic (exact) mass is 214 g/mol. The van der Waals surface area contributed by atoms with Crippen LogP contribution in [0.1, 0.15) is 51.4 Å². The molecule has 0 bridgehead atoms. The first-order valence-electron chi connectivity index (χ1n) is 6.09. The lowest BCUT2D eigenvalue weighted by atomic mass is 9.80. The lowest BCUT2D eigenvalue weighted by molar-refractivity contribution is -0.00821. The summed E-state index contributed by atoms with van der Waals surface area (Å²) in [5.74, 6) is 3.60. The molecule has 1 saturated carbocycles. The second-order valence-electron chi connectivity index (χ2n) is 5.05. The normalized spacial score (nSPS) is 31.9. The van der Waals surface area contributed by atoms with Gasteiger partial charge in [0.2, 0.25) is 0 Å². The lowest BCUT2D eigenvalue weighted by Gasteiger charge is -2.32. The van der Waals surface area contributed by atoms with Crippen LogP contribution in [0.15, 0.2) is 0 Å². The molecular formula is C12H22OS. The average molecular weight is 214 g/mol. The fraction of sp³-hybridized carbons (Fsp3) is 1.00. The molecule has 1 unspecified atom stereocenters. The summed E-state index contributed by atoms with van der Waals surface area (Å²) in [6.45, 7) is 0. The Labute approximate surface area is 91.7 Å². The molecule has 2 fully saturated rings. The van der Waals surface area contributed by atoms with E-state index in [-0.39, 0.29) is 5.60 Å². The summed E-state index contributed by atoms with van der Waals surface area (Å²) in [5, 5.41) is 10.3. The smallest absolute Gasteiger partial charge is 0.0648 e. The molecule has 0 aromatic rings. The minimum absolute atomic E-state index is 0.272. The SMILES string of the molecule is OC1(CCC2CCSC2)CCCCC1. The molecule has 2 rings (SSSR count). The fourth-order valence-corrected chi connectivity index (χ4v) is 4.08. The third kappa shape index (κ3) is 2.90. The first-order chi connectivity index (χ1) is 6.79. The van der Waals surface area contributed by atoms with Gasteiger partial charge in [-0.15, -0.1) is 0 Å². The molecule has 0 radical (unpaired) electrons. The number of rotatable bonds is 3. The molecule has 1 saturated heterocycles. The zero-order chi connectivity index (χ0) is 9.86. The van der Waals surface area contributed by atoms with Crippen LogP contribution in [0, 0.1) is 5.92 Å². The summed E-state index contributed by atoms with van der Waals surface area (Å²) >= 11 is 2.09. The van der Waals surface area contributed by atoms with Crippen LogP contribution in [-0.2, 0) is 0 Å².